The van der Waals surface area contributed by atoms with Crippen LogP contribution in [0.4, 0.5) is 0 Å². The van der Waals surface area contributed by atoms with Crippen molar-refractivity contribution in [1.82, 2.24) is 5.32 Å². The van der Waals surface area contributed by atoms with Crippen LogP contribution in [0.3, 0.4) is 0 Å². The molecule has 0 bridgehead atoms. The van der Waals surface area contributed by atoms with Crippen LogP contribution in [0.25, 0.3) is 0 Å². The van der Waals surface area contributed by atoms with Gasteiger partial charge >= 0.3 is 0 Å². The van der Waals surface area contributed by atoms with E-state index in [9.17, 15) is 9.90 Å². The molecule has 0 radical (unpaired) electrons. The predicted octanol–water partition coefficient (Wildman–Crippen LogP) is 3.65. The normalized spacial score (nSPS) is 17.5. The lowest BCUT2D eigenvalue weighted by molar-refractivity contribution is -0.116. The van der Waals surface area contributed by atoms with E-state index in [-0.39, 0.29) is 5.78 Å². The Morgan fingerprint density at radius 3 is 2.44 bits per heavy atom. The second-order valence-electron chi connectivity index (χ2n) is 7.26. The molecule has 0 saturated heterocycles. The van der Waals surface area contributed by atoms with Gasteiger partial charge in [0.05, 0.1) is 0 Å². The molecule has 1 unspecified atom stereocenters. The standard InChI is InChI=1S/C21H33NO3/c1-17(23)9-10-18-11-13-21(14-12-18)25-16-20(24)15-22-19-7-5-3-2-4-6-8-19/h11-14,19-20,22,24H,2-10,15-16H2,1H3. The van der Waals surface area contributed by atoms with Crippen LogP contribution in [0.1, 0.15) is 63.9 Å². The first-order valence-corrected chi connectivity index (χ1v) is 9.76. The van der Waals surface area contributed by atoms with E-state index in [0.717, 1.165) is 17.7 Å². The largest absolute Gasteiger partial charge is 0.491 e. The van der Waals surface area contributed by atoms with E-state index in [1.165, 1.54) is 44.9 Å². The summed E-state index contributed by atoms with van der Waals surface area (Å²) < 4.78 is 5.68. The van der Waals surface area contributed by atoms with Gasteiger partial charge in [-0.3, -0.25) is 0 Å². The second kappa shape index (κ2) is 11.3. The lowest BCUT2D eigenvalue weighted by Gasteiger charge is -2.22. The highest BCUT2D eigenvalue weighted by Gasteiger charge is 2.13. The zero-order valence-corrected chi connectivity index (χ0v) is 15.5. The molecule has 4 nitrogen and oxygen atoms in total. The number of hydrogen-bond acceptors (Lipinski definition) is 4. The zero-order chi connectivity index (χ0) is 17.9. The molecule has 25 heavy (non-hydrogen) atoms. The number of Topliss-reactive ketones (excluding diaryl/α,β-unsaturated/α-hetero) is 1. The van der Waals surface area contributed by atoms with Gasteiger partial charge in [0.25, 0.3) is 0 Å². The highest BCUT2D eigenvalue weighted by Crippen LogP contribution is 2.17. The number of benzene rings is 1. The highest BCUT2D eigenvalue weighted by molar-refractivity contribution is 5.75. The van der Waals surface area contributed by atoms with E-state index in [2.05, 4.69) is 5.32 Å². The molecule has 1 aliphatic carbocycles. The lowest BCUT2D eigenvalue weighted by Crippen LogP contribution is -2.38. The molecular formula is C21H33NO3. The quantitative estimate of drug-likeness (QED) is 0.716. The van der Waals surface area contributed by atoms with E-state index >= 15 is 0 Å². The van der Waals surface area contributed by atoms with Crippen molar-refractivity contribution >= 4 is 5.78 Å². The molecule has 0 aromatic heterocycles. The minimum atomic E-state index is -0.497. The van der Waals surface area contributed by atoms with E-state index < -0.39 is 6.10 Å². The number of aliphatic hydroxyl groups excluding tert-OH is 1. The van der Waals surface area contributed by atoms with Crippen LogP contribution in [-0.2, 0) is 11.2 Å². The average molecular weight is 347 g/mol. The SMILES string of the molecule is CC(=O)CCc1ccc(OCC(O)CNC2CCCCCCC2)cc1. The third-order valence-electron chi connectivity index (χ3n) is 4.88. The van der Waals surface area contributed by atoms with Gasteiger partial charge in [0.15, 0.2) is 0 Å². The number of aliphatic hydroxyl groups is 1. The fourth-order valence-corrected chi connectivity index (χ4v) is 3.29. The summed E-state index contributed by atoms with van der Waals surface area (Å²) in [6, 6.07) is 8.32. The van der Waals surface area contributed by atoms with Crippen LogP contribution in [0.2, 0.25) is 0 Å². The lowest BCUT2D eigenvalue weighted by atomic mass is 9.96. The van der Waals surface area contributed by atoms with Crippen LogP contribution in [-0.4, -0.2) is 36.2 Å². The molecule has 1 aliphatic rings. The van der Waals surface area contributed by atoms with E-state index in [1.807, 2.05) is 24.3 Å². The minimum Gasteiger partial charge on any atom is -0.491 e. The van der Waals surface area contributed by atoms with Crippen molar-refractivity contribution in [3.63, 3.8) is 0 Å². The Labute approximate surface area is 152 Å². The van der Waals surface area contributed by atoms with Crippen molar-refractivity contribution in [2.45, 2.75) is 76.9 Å². The summed E-state index contributed by atoms with van der Waals surface area (Å²) in [6.45, 7) is 2.50. The number of carbonyl (C=O) groups is 1. The molecule has 1 atom stereocenters. The van der Waals surface area contributed by atoms with Gasteiger partial charge in [0.1, 0.15) is 24.2 Å². The molecular weight excluding hydrogens is 314 g/mol. The monoisotopic (exact) mass is 347 g/mol. The van der Waals surface area contributed by atoms with Gasteiger partial charge in [0.2, 0.25) is 0 Å². The Morgan fingerprint density at radius 2 is 1.80 bits per heavy atom. The van der Waals surface area contributed by atoms with Crippen LogP contribution in [0.15, 0.2) is 24.3 Å². The molecule has 0 heterocycles. The number of ketones is 1. The number of hydrogen-bond donors (Lipinski definition) is 2. The van der Waals surface area contributed by atoms with Gasteiger partial charge in [-0.05, 0) is 43.9 Å². The Morgan fingerprint density at radius 1 is 1.16 bits per heavy atom. The maximum atomic E-state index is 11.0. The molecule has 1 fully saturated rings. The van der Waals surface area contributed by atoms with Crippen molar-refractivity contribution < 1.29 is 14.6 Å². The number of rotatable bonds is 9. The first kappa shape index (κ1) is 19.9. The first-order valence-electron chi connectivity index (χ1n) is 9.76. The van der Waals surface area contributed by atoms with E-state index in [4.69, 9.17) is 4.74 Å². The summed E-state index contributed by atoms with van der Waals surface area (Å²) in [5, 5.41) is 13.6. The van der Waals surface area contributed by atoms with Gasteiger partial charge < -0.3 is 20.0 Å². The number of carbonyl (C=O) groups excluding carboxylic acids is 1. The molecule has 4 heteroatoms. The Balaban J connectivity index is 1.65. The fourth-order valence-electron chi connectivity index (χ4n) is 3.29. The smallest absolute Gasteiger partial charge is 0.130 e. The van der Waals surface area contributed by atoms with Crippen molar-refractivity contribution in [2.75, 3.05) is 13.2 Å². The zero-order valence-electron chi connectivity index (χ0n) is 15.5. The summed E-state index contributed by atoms with van der Waals surface area (Å²) in [4.78, 5) is 11.0. The molecule has 0 aliphatic heterocycles. The van der Waals surface area contributed by atoms with Crippen LogP contribution >= 0.6 is 0 Å². The highest BCUT2D eigenvalue weighted by atomic mass is 16.5. The van der Waals surface area contributed by atoms with Crippen LogP contribution in [0, 0.1) is 0 Å². The van der Waals surface area contributed by atoms with Gasteiger partial charge in [-0.1, -0.05) is 44.2 Å². The summed E-state index contributed by atoms with van der Waals surface area (Å²) >= 11 is 0. The number of aryl methyl sites for hydroxylation is 1. The summed E-state index contributed by atoms with van der Waals surface area (Å²) in [5.74, 6) is 0.969. The Kier molecular flexibility index (Phi) is 8.98. The molecule has 140 valence electrons. The topological polar surface area (TPSA) is 58.6 Å². The number of nitrogens with one attached hydrogen (secondary N) is 1. The summed E-state index contributed by atoms with van der Waals surface area (Å²) in [7, 11) is 0. The molecule has 0 amide bonds. The van der Waals surface area contributed by atoms with Crippen molar-refractivity contribution in [3.8, 4) is 5.75 Å². The van der Waals surface area contributed by atoms with Crippen molar-refractivity contribution in [1.29, 1.82) is 0 Å². The second-order valence-corrected chi connectivity index (χ2v) is 7.26. The Bertz CT molecular complexity index is 492. The first-order chi connectivity index (χ1) is 12.1. The van der Waals surface area contributed by atoms with Crippen molar-refractivity contribution in [3.05, 3.63) is 29.8 Å². The van der Waals surface area contributed by atoms with Gasteiger partial charge in [-0.2, -0.15) is 0 Å². The van der Waals surface area contributed by atoms with Crippen LogP contribution in [0.5, 0.6) is 5.75 Å². The molecule has 2 N–H and O–H groups in total. The third kappa shape index (κ3) is 8.50. The fraction of sp³-hybridized carbons (Fsp3) is 0.667. The maximum Gasteiger partial charge on any atom is 0.130 e. The van der Waals surface area contributed by atoms with Gasteiger partial charge in [0, 0.05) is 19.0 Å². The Hall–Kier alpha value is -1.39. The molecule has 0 spiro atoms. The minimum absolute atomic E-state index is 0.209. The number of ether oxygens (including phenoxy) is 1. The average Bonchev–Trinajstić information content (AvgIpc) is 2.58. The molecule has 2 rings (SSSR count). The third-order valence-corrected chi connectivity index (χ3v) is 4.88. The molecule has 1 aromatic carbocycles. The molecule has 1 saturated carbocycles. The van der Waals surface area contributed by atoms with Crippen LogP contribution < -0.4 is 10.1 Å². The predicted molar refractivity (Wildman–Crippen MR) is 101 cm³/mol. The van der Waals surface area contributed by atoms with Gasteiger partial charge in [-0.25, -0.2) is 0 Å². The maximum absolute atomic E-state index is 11.0. The van der Waals surface area contributed by atoms with Crippen molar-refractivity contribution in [2.24, 2.45) is 0 Å². The van der Waals surface area contributed by atoms with Gasteiger partial charge in [-0.15, -0.1) is 0 Å². The summed E-state index contributed by atoms with van der Waals surface area (Å²) in [6.07, 6.45) is 9.91. The molecule has 1 aromatic rings. The summed E-state index contributed by atoms with van der Waals surface area (Å²) in [5.41, 5.74) is 1.13. The van der Waals surface area contributed by atoms with E-state index in [0.29, 0.717) is 25.6 Å². The van der Waals surface area contributed by atoms with E-state index in [1.54, 1.807) is 6.92 Å².